The summed E-state index contributed by atoms with van der Waals surface area (Å²) < 4.78 is 0. The molecule has 0 aromatic rings. The third kappa shape index (κ3) is 4.00. The lowest BCUT2D eigenvalue weighted by atomic mass is 10.2. The highest BCUT2D eigenvalue weighted by Crippen LogP contribution is 2.38. The predicted molar refractivity (Wildman–Crippen MR) is 64.6 cm³/mol. The number of hydrogen-bond donors (Lipinski definition) is 2. The van der Waals surface area contributed by atoms with Gasteiger partial charge < -0.3 is 15.3 Å². The van der Waals surface area contributed by atoms with Gasteiger partial charge in [-0.15, -0.1) is 0 Å². The van der Waals surface area contributed by atoms with Crippen molar-refractivity contribution >= 4 is 11.9 Å². The van der Waals surface area contributed by atoms with Crippen molar-refractivity contribution in [3.63, 3.8) is 0 Å². The van der Waals surface area contributed by atoms with Crippen LogP contribution in [0, 0.1) is 11.8 Å². The van der Waals surface area contributed by atoms with E-state index < -0.39 is 11.9 Å². The average Bonchev–Trinajstić information content (AvgIpc) is 3.07. The Kier molecular flexibility index (Phi) is 4.93. The minimum atomic E-state index is -0.859. The van der Waals surface area contributed by atoms with E-state index in [0.29, 0.717) is 19.0 Å². The monoisotopic (exact) mass is 242 g/mol. The molecule has 1 amide bonds. The smallest absolute Gasteiger partial charge is 0.307 e. The van der Waals surface area contributed by atoms with Gasteiger partial charge in [0.1, 0.15) is 0 Å². The first kappa shape index (κ1) is 14.0. The number of hydrogen-bond acceptors (Lipinski definition) is 3. The first-order valence-corrected chi connectivity index (χ1v) is 6.18. The van der Waals surface area contributed by atoms with Gasteiger partial charge in [0.15, 0.2) is 0 Å². The van der Waals surface area contributed by atoms with Crippen molar-refractivity contribution in [3.8, 4) is 0 Å². The zero-order valence-corrected chi connectivity index (χ0v) is 10.8. The maximum Gasteiger partial charge on any atom is 0.307 e. The highest BCUT2D eigenvalue weighted by Gasteiger charge is 2.48. The molecule has 1 rings (SSSR count). The molecule has 1 aliphatic carbocycles. The molecular weight excluding hydrogens is 220 g/mol. The van der Waals surface area contributed by atoms with Gasteiger partial charge >= 0.3 is 5.97 Å². The molecule has 0 saturated heterocycles. The second-order valence-corrected chi connectivity index (χ2v) is 4.82. The zero-order chi connectivity index (χ0) is 13.0. The lowest BCUT2D eigenvalue weighted by Gasteiger charge is -2.23. The molecule has 0 heterocycles. The molecule has 1 fully saturated rings. The van der Waals surface area contributed by atoms with Crippen LogP contribution in [0.4, 0.5) is 0 Å². The van der Waals surface area contributed by atoms with Crippen molar-refractivity contribution in [2.75, 3.05) is 20.1 Å². The molecule has 1 saturated carbocycles. The molecule has 0 aromatic heterocycles. The maximum atomic E-state index is 11.5. The molecule has 98 valence electrons. The molecule has 0 aliphatic heterocycles. The van der Waals surface area contributed by atoms with Crippen LogP contribution in [-0.2, 0) is 9.59 Å². The molecule has 3 unspecified atom stereocenters. The van der Waals surface area contributed by atoms with Gasteiger partial charge in [0, 0.05) is 19.1 Å². The second kappa shape index (κ2) is 6.00. The van der Waals surface area contributed by atoms with Crippen LogP contribution >= 0.6 is 0 Å². The van der Waals surface area contributed by atoms with Crippen LogP contribution in [0.25, 0.3) is 0 Å². The van der Waals surface area contributed by atoms with E-state index in [-0.39, 0.29) is 11.8 Å². The normalized spacial score (nSPS) is 24.5. The summed E-state index contributed by atoms with van der Waals surface area (Å²) in [5, 5.41) is 11.5. The molecule has 0 radical (unpaired) electrons. The van der Waals surface area contributed by atoms with E-state index >= 15 is 0 Å². The molecule has 1 aliphatic rings. The van der Waals surface area contributed by atoms with Gasteiger partial charge in [0.25, 0.3) is 0 Å². The SMILES string of the molecule is CCC(C)N(C)CCNC(=O)C1CC1C(=O)O. The summed E-state index contributed by atoms with van der Waals surface area (Å²) in [6.07, 6.45) is 1.57. The number of rotatable bonds is 7. The van der Waals surface area contributed by atoms with Gasteiger partial charge in [-0.1, -0.05) is 6.92 Å². The van der Waals surface area contributed by atoms with Crippen molar-refractivity contribution < 1.29 is 14.7 Å². The molecule has 0 aromatic carbocycles. The number of carbonyl (C=O) groups is 2. The van der Waals surface area contributed by atoms with Crippen LogP contribution in [0.15, 0.2) is 0 Å². The number of amides is 1. The van der Waals surface area contributed by atoms with E-state index in [1.165, 1.54) is 0 Å². The summed E-state index contributed by atoms with van der Waals surface area (Å²) in [4.78, 5) is 24.3. The van der Waals surface area contributed by atoms with Crippen molar-refractivity contribution in [1.29, 1.82) is 0 Å². The first-order valence-electron chi connectivity index (χ1n) is 6.18. The van der Waals surface area contributed by atoms with Gasteiger partial charge in [0.05, 0.1) is 11.8 Å². The summed E-state index contributed by atoms with van der Waals surface area (Å²) in [5.41, 5.74) is 0. The number of aliphatic carboxylic acids is 1. The average molecular weight is 242 g/mol. The third-order valence-electron chi connectivity index (χ3n) is 3.55. The van der Waals surface area contributed by atoms with Crippen LogP contribution in [0.2, 0.25) is 0 Å². The third-order valence-corrected chi connectivity index (χ3v) is 3.55. The zero-order valence-electron chi connectivity index (χ0n) is 10.8. The number of nitrogens with zero attached hydrogens (tertiary/aromatic N) is 1. The predicted octanol–water partition coefficient (Wildman–Crippen LogP) is 0.554. The highest BCUT2D eigenvalue weighted by atomic mass is 16.4. The lowest BCUT2D eigenvalue weighted by Crippen LogP contribution is -2.37. The fourth-order valence-electron chi connectivity index (χ4n) is 1.78. The molecule has 5 heteroatoms. The molecule has 17 heavy (non-hydrogen) atoms. The fourth-order valence-corrected chi connectivity index (χ4v) is 1.78. The Morgan fingerprint density at radius 2 is 2.12 bits per heavy atom. The van der Waals surface area contributed by atoms with E-state index in [0.717, 1.165) is 13.0 Å². The van der Waals surface area contributed by atoms with Crippen LogP contribution in [-0.4, -0.2) is 48.1 Å². The Morgan fingerprint density at radius 3 is 2.59 bits per heavy atom. The number of carbonyl (C=O) groups excluding carboxylic acids is 1. The van der Waals surface area contributed by atoms with Gasteiger partial charge in [-0.25, -0.2) is 0 Å². The van der Waals surface area contributed by atoms with Crippen LogP contribution in [0.1, 0.15) is 26.7 Å². The van der Waals surface area contributed by atoms with Gasteiger partial charge in [-0.2, -0.15) is 0 Å². The molecule has 0 spiro atoms. The van der Waals surface area contributed by atoms with Crippen LogP contribution < -0.4 is 5.32 Å². The van der Waals surface area contributed by atoms with Crippen LogP contribution in [0.3, 0.4) is 0 Å². The Labute approximate surface area is 102 Å². The van der Waals surface area contributed by atoms with Gasteiger partial charge in [-0.05, 0) is 26.8 Å². The number of likely N-dealkylation sites (N-methyl/N-ethyl adjacent to an activating group) is 1. The van der Waals surface area contributed by atoms with Crippen molar-refractivity contribution in [2.24, 2.45) is 11.8 Å². The Balaban J connectivity index is 2.15. The van der Waals surface area contributed by atoms with Crippen molar-refractivity contribution in [2.45, 2.75) is 32.7 Å². The summed E-state index contributed by atoms with van der Waals surface area (Å²) in [7, 11) is 2.03. The minimum Gasteiger partial charge on any atom is -0.481 e. The van der Waals surface area contributed by atoms with Crippen LogP contribution in [0.5, 0.6) is 0 Å². The largest absolute Gasteiger partial charge is 0.481 e. The second-order valence-electron chi connectivity index (χ2n) is 4.82. The Morgan fingerprint density at radius 1 is 1.47 bits per heavy atom. The number of carboxylic acids is 1. The first-order chi connectivity index (χ1) is 7.97. The maximum absolute atomic E-state index is 11.5. The van der Waals surface area contributed by atoms with E-state index in [1.807, 2.05) is 7.05 Å². The standard InChI is InChI=1S/C12H22N2O3/c1-4-8(2)14(3)6-5-13-11(15)9-7-10(9)12(16)17/h8-10H,4-7H2,1-3H3,(H,13,15)(H,16,17). The number of nitrogens with one attached hydrogen (secondary N) is 1. The van der Waals surface area contributed by atoms with E-state index in [9.17, 15) is 9.59 Å². The number of carboxylic acid groups (broad SMARTS) is 1. The molecule has 3 atom stereocenters. The topological polar surface area (TPSA) is 69.6 Å². The summed E-state index contributed by atoms with van der Waals surface area (Å²) >= 11 is 0. The van der Waals surface area contributed by atoms with E-state index in [2.05, 4.69) is 24.1 Å². The summed E-state index contributed by atoms with van der Waals surface area (Å²) in [6, 6.07) is 0.500. The highest BCUT2D eigenvalue weighted by molar-refractivity contribution is 5.89. The summed E-state index contributed by atoms with van der Waals surface area (Å²) in [5.74, 6) is -1.74. The fraction of sp³-hybridized carbons (Fsp3) is 0.833. The van der Waals surface area contributed by atoms with E-state index in [1.54, 1.807) is 0 Å². The molecule has 2 N–H and O–H groups in total. The van der Waals surface area contributed by atoms with Gasteiger partial charge in [0.2, 0.25) is 5.91 Å². The lowest BCUT2D eigenvalue weighted by molar-refractivity contribution is -0.140. The Hall–Kier alpha value is -1.10. The molecule has 0 bridgehead atoms. The summed E-state index contributed by atoms with van der Waals surface area (Å²) in [6.45, 7) is 5.65. The quantitative estimate of drug-likeness (QED) is 0.684. The minimum absolute atomic E-state index is 0.116. The van der Waals surface area contributed by atoms with E-state index in [4.69, 9.17) is 5.11 Å². The molecular formula is C12H22N2O3. The molecule has 5 nitrogen and oxygen atoms in total. The Bertz CT molecular complexity index is 293. The van der Waals surface area contributed by atoms with Gasteiger partial charge in [-0.3, -0.25) is 9.59 Å². The van der Waals surface area contributed by atoms with Crippen molar-refractivity contribution in [1.82, 2.24) is 10.2 Å². The van der Waals surface area contributed by atoms with Crippen molar-refractivity contribution in [3.05, 3.63) is 0 Å².